The molecule has 0 spiro atoms. The molecule has 16 heavy (non-hydrogen) atoms. The summed E-state index contributed by atoms with van der Waals surface area (Å²) in [5.41, 5.74) is 1.63. The third kappa shape index (κ3) is 1.46. The van der Waals surface area contributed by atoms with Gasteiger partial charge in [0.25, 0.3) is 0 Å². The fraction of sp³-hybridized carbons (Fsp3) is 0.417. The van der Waals surface area contributed by atoms with Crippen LogP contribution in [0.3, 0.4) is 0 Å². The predicted molar refractivity (Wildman–Crippen MR) is 60.8 cm³/mol. The SMILES string of the molecule is COc1cccc2oc(C3CCNC3)nc12. The summed E-state index contributed by atoms with van der Waals surface area (Å²) < 4.78 is 11.0. The largest absolute Gasteiger partial charge is 0.494 e. The zero-order valence-corrected chi connectivity index (χ0v) is 9.19. The number of hydrogen-bond acceptors (Lipinski definition) is 4. The van der Waals surface area contributed by atoms with E-state index in [1.165, 1.54) is 0 Å². The summed E-state index contributed by atoms with van der Waals surface area (Å²) in [6, 6.07) is 5.75. The Morgan fingerprint density at radius 2 is 2.44 bits per heavy atom. The first-order chi connectivity index (χ1) is 7.88. The van der Waals surface area contributed by atoms with Crippen molar-refractivity contribution in [2.45, 2.75) is 12.3 Å². The van der Waals surface area contributed by atoms with E-state index >= 15 is 0 Å². The highest BCUT2D eigenvalue weighted by atomic mass is 16.5. The van der Waals surface area contributed by atoms with Crippen molar-refractivity contribution in [2.24, 2.45) is 0 Å². The Morgan fingerprint density at radius 3 is 3.19 bits per heavy atom. The smallest absolute Gasteiger partial charge is 0.200 e. The molecular weight excluding hydrogens is 204 g/mol. The van der Waals surface area contributed by atoms with E-state index in [0.717, 1.165) is 42.3 Å². The minimum absolute atomic E-state index is 0.400. The number of rotatable bonds is 2. The van der Waals surface area contributed by atoms with Crippen LogP contribution in [0.1, 0.15) is 18.2 Å². The van der Waals surface area contributed by atoms with Crippen molar-refractivity contribution in [3.05, 3.63) is 24.1 Å². The van der Waals surface area contributed by atoms with Gasteiger partial charge < -0.3 is 14.5 Å². The molecule has 4 nitrogen and oxygen atoms in total. The molecule has 1 N–H and O–H groups in total. The van der Waals surface area contributed by atoms with E-state index in [9.17, 15) is 0 Å². The lowest BCUT2D eigenvalue weighted by Crippen LogP contribution is -2.07. The van der Waals surface area contributed by atoms with E-state index in [-0.39, 0.29) is 0 Å². The summed E-state index contributed by atoms with van der Waals surface area (Å²) in [6.45, 7) is 2.00. The number of ether oxygens (including phenoxy) is 1. The van der Waals surface area contributed by atoms with Gasteiger partial charge in [0.1, 0.15) is 5.75 Å². The van der Waals surface area contributed by atoms with Crippen molar-refractivity contribution < 1.29 is 9.15 Å². The Balaban J connectivity index is 2.07. The van der Waals surface area contributed by atoms with Gasteiger partial charge in [-0.15, -0.1) is 0 Å². The van der Waals surface area contributed by atoms with E-state index in [0.29, 0.717) is 5.92 Å². The van der Waals surface area contributed by atoms with Gasteiger partial charge in [0.15, 0.2) is 17.0 Å². The van der Waals surface area contributed by atoms with Crippen LogP contribution in [-0.2, 0) is 0 Å². The normalized spacial score (nSPS) is 20.4. The minimum atomic E-state index is 0.400. The predicted octanol–water partition coefficient (Wildman–Crippen LogP) is 1.91. The standard InChI is InChI=1S/C12H14N2O2/c1-15-9-3-2-4-10-11(9)14-12(16-10)8-5-6-13-7-8/h2-4,8,13H,5-7H2,1H3. The molecule has 0 aliphatic carbocycles. The van der Waals surface area contributed by atoms with E-state index < -0.39 is 0 Å². The number of para-hydroxylation sites is 1. The molecule has 2 aromatic rings. The number of aromatic nitrogens is 1. The summed E-state index contributed by atoms with van der Waals surface area (Å²) in [4.78, 5) is 4.53. The molecule has 0 saturated carbocycles. The summed E-state index contributed by atoms with van der Waals surface area (Å²) >= 11 is 0. The number of methoxy groups -OCH3 is 1. The maximum atomic E-state index is 5.76. The summed E-state index contributed by atoms with van der Waals surface area (Å²) in [7, 11) is 1.65. The maximum absolute atomic E-state index is 5.76. The van der Waals surface area contributed by atoms with Crippen molar-refractivity contribution in [2.75, 3.05) is 20.2 Å². The second kappa shape index (κ2) is 3.79. The molecule has 1 saturated heterocycles. The number of nitrogens with one attached hydrogen (secondary N) is 1. The van der Waals surface area contributed by atoms with Gasteiger partial charge >= 0.3 is 0 Å². The molecule has 0 radical (unpaired) electrons. The van der Waals surface area contributed by atoms with E-state index in [4.69, 9.17) is 9.15 Å². The Bertz CT molecular complexity index is 501. The molecule has 1 fully saturated rings. The number of nitrogens with zero attached hydrogens (tertiary/aromatic N) is 1. The van der Waals surface area contributed by atoms with Gasteiger partial charge in [0.05, 0.1) is 7.11 Å². The summed E-state index contributed by atoms with van der Waals surface area (Å²) in [6.07, 6.45) is 1.09. The van der Waals surface area contributed by atoms with Crippen LogP contribution < -0.4 is 10.1 Å². The maximum Gasteiger partial charge on any atom is 0.200 e. The highest BCUT2D eigenvalue weighted by molar-refractivity contribution is 5.79. The van der Waals surface area contributed by atoms with Crippen molar-refractivity contribution in [1.29, 1.82) is 0 Å². The van der Waals surface area contributed by atoms with Crippen LogP contribution in [0.5, 0.6) is 5.75 Å². The van der Waals surface area contributed by atoms with E-state index in [1.54, 1.807) is 7.11 Å². The third-order valence-electron chi connectivity index (χ3n) is 3.03. The number of oxazole rings is 1. The summed E-state index contributed by atoms with van der Waals surface area (Å²) in [5, 5.41) is 3.31. The molecule has 84 valence electrons. The quantitative estimate of drug-likeness (QED) is 0.836. The van der Waals surface area contributed by atoms with E-state index in [1.807, 2.05) is 18.2 Å². The fourth-order valence-electron chi connectivity index (χ4n) is 2.15. The van der Waals surface area contributed by atoms with Crippen LogP contribution in [0.4, 0.5) is 0 Å². The first-order valence-electron chi connectivity index (χ1n) is 5.52. The zero-order valence-electron chi connectivity index (χ0n) is 9.19. The molecule has 0 amide bonds. The van der Waals surface area contributed by atoms with Crippen LogP contribution in [0.25, 0.3) is 11.1 Å². The summed E-state index contributed by atoms with van der Waals surface area (Å²) in [5.74, 6) is 2.00. The average Bonchev–Trinajstić information content (AvgIpc) is 2.96. The van der Waals surface area contributed by atoms with Gasteiger partial charge in [-0.25, -0.2) is 4.98 Å². The molecule has 1 aromatic heterocycles. The molecule has 1 aromatic carbocycles. The van der Waals surface area contributed by atoms with E-state index in [2.05, 4.69) is 10.3 Å². The van der Waals surface area contributed by atoms with Crippen LogP contribution in [0.2, 0.25) is 0 Å². The lowest BCUT2D eigenvalue weighted by molar-refractivity contribution is 0.419. The van der Waals surface area contributed by atoms with Crippen molar-refractivity contribution in [1.82, 2.24) is 10.3 Å². The Morgan fingerprint density at radius 1 is 1.50 bits per heavy atom. The lowest BCUT2D eigenvalue weighted by Gasteiger charge is -1.99. The first-order valence-corrected chi connectivity index (χ1v) is 5.52. The monoisotopic (exact) mass is 218 g/mol. The van der Waals surface area contributed by atoms with Gasteiger partial charge in [0.2, 0.25) is 0 Å². The number of fused-ring (bicyclic) bond motifs is 1. The van der Waals surface area contributed by atoms with Gasteiger partial charge in [0, 0.05) is 12.5 Å². The van der Waals surface area contributed by atoms with Gasteiger partial charge in [-0.05, 0) is 25.1 Å². The third-order valence-corrected chi connectivity index (χ3v) is 3.03. The molecule has 1 aliphatic heterocycles. The van der Waals surface area contributed by atoms with Crippen LogP contribution in [0, 0.1) is 0 Å². The van der Waals surface area contributed by atoms with Crippen LogP contribution in [-0.4, -0.2) is 25.2 Å². The molecule has 1 unspecified atom stereocenters. The molecule has 0 bridgehead atoms. The first kappa shape index (κ1) is 9.66. The molecule has 1 aliphatic rings. The molecule has 3 rings (SSSR count). The molecular formula is C12H14N2O2. The molecule has 2 heterocycles. The molecule has 1 atom stereocenters. The number of benzene rings is 1. The Hall–Kier alpha value is -1.55. The Kier molecular flexibility index (Phi) is 2.29. The molecule has 4 heteroatoms. The zero-order chi connectivity index (χ0) is 11.0. The lowest BCUT2D eigenvalue weighted by atomic mass is 10.1. The second-order valence-electron chi connectivity index (χ2n) is 4.05. The number of hydrogen-bond donors (Lipinski definition) is 1. The fourth-order valence-corrected chi connectivity index (χ4v) is 2.15. The van der Waals surface area contributed by atoms with Crippen molar-refractivity contribution >= 4 is 11.1 Å². The van der Waals surface area contributed by atoms with Crippen molar-refractivity contribution in [3.8, 4) is 5.75 Å². The van der Waals surface area contributed by atoms with Gasteiger partial charge in [-0.3, -0.25) is 0 Å². The minimum Gasteiger partial charge on any atom is -0.494 e. The van der Waals surface area contributed by atoms with Gasteiger partial charge in [-0.2, -0.15) is 0 Å². The van der Waals surface area contributed by atoms with Crippen LogP contribution in [0.15, 0.2) is 22.6 Å². The second-order valence-corrected chi connectivity index (χ2v) is 4.05. The van der Waals surface area contributed by atoms with Gasteiger partial charge in [-0.1, -0.05) is 6.07 Å². The van der Waals surface area contributed by atoms with Crippen LogP contribution >= 0.6 is 0 Å². The highest BCUT2D eigenvalue weighted by Crippen LogP contribution is 2.30. The average molecular weight is 218 g/mol. The Labute approximate surface area is 93.6 Å². The van der Waals surface area contributed by atoms with Crippen molar-refractivity contribution in [3.63, 3.8) is 0 Å². The topological polar surface area (TPSA) is 47.3 Å². The highest BCUT2D eigenvalue weighted by Gasteiger charge is 2.22.